The number of hydrogen-bond acceptors (Lipinski definition) is 1. The molecule has 0 saturated heterocycles. The summed E-state index contributed by atoms with van der Waals surface area (Å²) in [5.74, 6) is 0.967. The Morgan fingerprint density at radius 3 is 1.61 bits per heavy atom. The minimum atomic E-state index is 0.945. The van der Waals surface area contributed by atoms with E-state index in [1.54, 1.807) is 0 Å². The summed E-state index contributed by atoms with van der Waals surface area (Å²) in [7, 11) is 1.82. The van der Waals surface area contributed by atoms with Crippen LogP contribution in [0, 0.1) is 5.92 Å². The largest absolute Gasteiger partial charge is 0.385 e. The van der Waals surface area contributed by atoms with Crippen LogP contribution in [-0.2, 0) is 4.74 Å². The standard InChI is InChI=1S/C17H36O/c1-4-6-8-10-13-17(15-12-16-18-3)14-11-9-7-5-2/h17H,4-16H2,1-3H3. The molecule has 18 heavy (non-hydrogen) atoms. The van der Waals surface area contributed by atoms with Crippen LogP contribution in [0.5, 0.6) is 0 Å². The summed E-state index contributed by atoms with van der Waals surface area (Å²) in [6, 6.07) is 0. The van der Waals surface area contributed by atoms with Crippen LogP contribution in [0.25, 0.3) is 0 Å². The van der Waals surface area contributed by atoms with Crippen molar-refractivity contribution in [1.82, 2.24) is 0 Å². The third-order valence-electron chi connectivity index (χ3n) is 3.89. The second-order valence-corrected chi connectivity index (χ2v) is 5.70. The second kappa shape index (κ2) is 15.0. The molecule has 0 heterocycles. The topological polar surface area (TPSA) is 9.23 Å². The van der Waals surface area contributed by atoms with Gasteiger partial charge in [0.1, 0.15) is 0 Å². The molecule has 0 rings (SSSR count). The molecular formula is C17H36O. The Hall–Kier alpha value is -0.0400. The molecule has 0 aliphatic heterocycles. The zero-order valence-electron chi connectivity index (χ0n) is 13.2. The van der Waals surface area contributed by atoms with Gasteiger partial charge in [0.15, 0.2) is 0 Å². The van der Waals surface area contributed by atoms with Gasteiger partial charge in [-0.25, -0.2) is 0 Å². The number of methoxy groups -OCH3 is 1. The van der Waals surface area contributed by atoms with Crippen LogP contribution in [0.2, 0.25) is 0 Å². The van der Waals surface area contributed by atoms with E-state index in [0.717, 1.165) is 12.5 Å². The first kappa shape index (κ1) is 18.0. The van der Waals surface area contributed by atoms with Crippen molar-refractivity contribution in [1.29, 1.82) is 0 Å². The van der Waals surface area contributed by atoms with Crippen molar-refractivity contribution in [2.45, 2.75) is 90.9 Å². The van der Waals surface area contributed by atoms with Gasteiger partial charge in [-0.05, 0) is 18.8 Å². The Balaban J connectivity index is 3.62. The van der Waals surface area contributed by atoms with Gasteiger partial charge >= 0.3 is 0 Å². The van der Waals surface area contributed by atoms with E-state index >= 15 is 0 Å². The first-order chi connectivity index (χ1) is 8.85. The Morgan fingerprint density at radius 2 is 1.17 bits per heavy atom. The van der Waals surface area contributed by atoms with Crippen LogP contribution in [0.15, 0.2) is 0 Å². The lowest BCUT2D eigenvalue weighted by atomic mass is 9.91. The quantitative estimate of drug-likeness (QED) is 0.348. The summed E-state index contributed by atoms with van der Waals surface area (Å²) < 4.78 is 5.18. The number of ether oxygens (including phenoxy) is 1. The maximum absolute atomic E-state index is 5.18. The summed E-state index contributed by atoms with van der Waals surface area (Å²) in [5.41, 5.74) is 0. The lowest BCUT2D eigenvalue weighted by molar-refractivity contribution is 0.184. The second-order valence-electron chi connectivity index (χ2n) is 5.70. The van der Waals surface area contributed by atoms with Crippen molar-refractivity contribution in [3.63, 3.8) is 0 Å². The molecule has 0 aromatic heterocycles. The van der Waals surface area contributed by atoms with E-state index in [1.165, 1.54) is 77.0 Å². The Morgan fingerprint density at radius 1 is 0.667 bits per heavy atom. The number of hydrogen-bond donors (Lipinski definition) is 0. The van der Waals surface area contributed by atoms with Crippen LogP contribution >= 0.6 is 0 Å². The van der Waals surface area contributed by atoms with Gasteiger partial charge in [0, 0.05) is 13.7 Å². The van der Waals surface area contributed by atoms with E-state index in [0.29, 0.717) is 0 Å². The Bertz CT molecular complexity index is 133. The highest BCUT2D eigenvalue weighted by atomic mass is 16.5. The minimum Gasteiger partial charge on any atom is -0.385 e. The van der Waals surface area contributed by atoms with Gasteiger partial charge in [0.05, 0.1) is 0 Å². The predicted molar refractivity (Wildman–Crippen MR) is 82.1 cm³/mol. The van der Waals surface area contributed by atoms with Crippen molar-refractivity contribution in [2.24, 2.45) is 5.92 Å². The molecule has 0 aromatic carbocycles. The van der Waals surface area contributed by atoms with Crippen LogP contribution in [0.3, 0.4) is 0 Å². The molecule has 0 amide bonds. The molecule has 0 aliphatic carbocycles. The van der Waals surface area contributed by atoms with Crippen LogP contribution < -0.4 is 0 Å². The minimum absolute atomic E-state index is 0.945. The highest BCUT2D eigenvalue weighted by Crippen LogP contribution is 2.22. The van der Waals surface area contributed by atoms with E-state index in [-0.39, 0.29) is 0 Å². The van der Waals surface area contributed by atoms with E-state index < -0.39 is 0 Å². The van der Waals surface area contributed by atoms with Crippen LogP contribution in [0.1, 0.15) is 90.9 Å². The van der Waals surface area contributed by atoms with Gasteiger partial charge < -0.3 is 4.74 Å². The van der Waals surface area contributed by atoms with Gasteiger partial charge in [0.25, 0.3) is 0 Å². The maximum atomic E-state index is 5.18. The molecule has 0 N–H and O–H groups in total. The van der Waals surface area contributed by atoms with Gasteiger partial charge in [0.2, 0.25) is 0 Å². The van der Waals surface area contributed by atoms with Crippen molar-refractivity contribution in [3.8, 4) is 0 Å². The summed E-state index contributed by atoms with van der Waals surface area (Å²) in [6.07, 6.45) is 16.8. The summed E-state index contributed by atoms with van der Waals surface area (Å²) in [5, 5.41) is 0. The van der Waals surface area contributed by atoms with Crippen LogP contribution in [-0.4, -0.2) is 13.7 Å². The molecule has 0 fully saturated rings. The molecule has 0 unspecified atom stereocenters. The van der Waals surface area contributed by atoms with E-state index in [4.69, 9.17) is 4.74 Å². The summed E-state index contributed by atoms with van der Waals surface area (Å²) in [6.45, 7) is 5.53. The van der Waals surface area contributed by atoms with Crippen LogP contribution in [0.4, 0.5) is 0 Å². The van der Waals surface area contributed by atoms with Crippen molar-refractivity contribution >= 4 is 0 Å². The lowest BCUT2D eigenvalue weighted by Gasteiger charge is -2.16. The third-order valence-corrected chi connectivity index (χ3v) is 3.89. The van der Waals surface area contributed by atoms with Gasteiger partial charge in [-0.3, -0.25) is 0 Å². The maximum Gasteiger partial charge on any atom is 0.0462 e. The molecule has 0 aromatic rings. The molecule has 1 heteroatoms. The Kier molecular flexibility index (Phi) is 15.0. The molecule has 0 bridgehead atoms. The third kappa shape index (κ3) is 12.4. The van der Waals surface area contributed by atoms with Crippen molar-refractivity contribution in [2.75, 3.05) is 13.7 Å². The van der Waals surface area contributed by atoms with Gasteiger partial charge in [-0.1, -0.05) is 78.1 Å². The normalized spacial score (nSPS) is 11.3. The highest BCUT2D eigenvalue weighted by Gasteiger charge is 2.08. The molecule has 1 nitrogen and oxygen atoms in total. The van der Waals surface area contributed by atoms with E-state index in [1.807, 2.05) is 7.11 Å². The smallest absolute Gasteiger partial charge is 0.0462 e. The SMILES string of the molecule is CCCCCCC(CCCCCC)CCCOC. The fourth-order valence-electron chi connectivity index (χ4n) is 2.67. The van der Waals surface area contributed by atoms with E-state index in [9.17, 15) is 0 Å². The molecule has 0 spiro atoms. The predicted octanol–water partition coefficient (Wildman–Crippen LogP) is 5.97. The van der Waals surface area contributed by atoms with E-state index in [2.05, 4.69) is 13.8 Å². The Labute approximate surface area is 116 Å². The van der Waals surface area contributed by atoms with Gasteiger partial charge in [-0.2, -0.15) is 0 Å². The van der Waals surface area contributed by atoms with Gasteiger partial charge in [-0.15, -0.1) is 0 Å². The molecule has 0 aliphatic rings. The molecule has 0 saturated carbocycles. The first-order valence-electron chi connectivity index (χ1n) is 8.34. The van der Waals surface area contributed by atoms with Crippen molar-refractivity contribution < 1.29 is 4.74 Å². The monoisotopic (exact) mass is 256 g/mol. The lowest BCUT2D eigenvalue weighted by Crippen LogP contribution is -2.03. The zero-order valence-corrected chi connectivity index (χ0v) is 13.2. The fraction of sp³-hybridized carbons (Fsp3) is 1.00. The molecule has 0 radical (unpaired) electrons. The molecule has 0 atom stereocenters. The number of rotatable bonds is 14. The highest BCUT2D eigenvalue weighted by molar-refractivity contribution is 4.61. The summed E-state index contributed by atoms with van der Waals surface area (Å²) in [4.78, 5) is 0. The molecule has 110 valence electrons. The first-order valence-corrected chi connectivity index (χ1v) is 8.34. The molecular weight excluding hydrogens is 220 g/mol. The fourth-order valence-corrected chi connectivity index (χ4v) is 2.67. The number of unbranched alkanes of at least 4 members (excludes halogenated alkanes) is 6. The average Bonchev–Trinajstić information content (AvgIpc) is 2.39. The average molecular weight is 256 g/mol. The van der Waals surface area contributed by atoms with Crippen molar-refractivity contribution in [3.05, 3.63) is 0 Å². The zero-order chi connectivity index (χ0) is 13.5. The summed E-state index contributed by atoms with van der Waals surface area (Å²) >= 11 is 0.